The maximum Gasteiger partial charge on any atom is 0.262 e. The molecule has 1 atom stereocenters. The molecule has 7 heteroatoms. The van der Waals surface area contributed by atoms with Gasteiger partial charge in [-0.1, -0.05) is 17.3 Å². The van der Waals surface area contributed by atoms with Gasteiger partial charge in [0.1, 0.15) is 12.0 Å². The van der Waals surface area contributed by atoms with E-state index in [4.69, 9.17) is 0 Å². The van der Waals surface area contributed by atoms with E-state index in [-0.39, 0.29) is 10.6 Å². The van der Waals surface area contributed by atoms with Gasteiger partial charge in [0.25, 0.3) is 10.0 Å². The Kier molecular flexibility index (Phi) is 3.35. The SMILES string of the molecule is CC(O)c1ccc(S(=O)(=O)Nc2cnoc2)cc1. The average Bonchev–Trinajstić information content (AvgIpc) is 2.81. The van der Waals surface area contributed by atoms with Crippen LogP contribution < -0.4 is 4.72 Å². The molecule has 2 aromatic rings. The van der Waals surface area contributed by atoms with Gasteiger partial charge in [-0.05, 0) is 24.6 Å². The van der Waals surface area contributed by atoms with Crippen LogP contribution in [0.25, 0.3) is 0 Å². The van der Waals surface area contributed by atoms with E-state index in [0.717, 1.165) is 0 Å². The third-order valence-electron chi connectivity index (χ3n) is 2.36. The molecule has 1 aromatic carbocycles. The average molecular weight is 268 g/mol. The molecule has 2 rings (SSSR count). The second-order valence-corrected chi connectivity index (χ2v) is 5.45. The number of sulfonamides is 1. The van der Waals surface area contributed by atoms with Crippen LogP contribution in [0.3, 0.4) is 0 Å². The molecule has 0 fully saturated rings. The van der Waals surface area contributed by atoms with Crippen LogP contribution in [0.15, 0.2) is 46.1 Å². The monoisotopic (exact) mass is 268 g/mol. The first kappa shape index (κ1) is 12.6. The third kappa shape index (κ3) is 2.69. The molecule has 96 valence electrons. The van der Waals surface area contributed by atoms with Gasteiger partial charge in [-0.25, -0.2) is 8.42 Å². The summed E-state index contributed by atoms with van der Waals surface area (Å²) < 4.78 is 30.7. The molecule has 1 unspecified atom stereocenters. The number of nitrogens with zero attached hydrogens (tertiary/aromatic N) is 1. The number of aliphatic hydroxyl groups is 1. The summed E-state index contributed by atoms with van der Waals surface area (Å²) in [6, 6.07) is 5.98. The summed E-state index contributed by atoms with van der Waals surface area (Å²) in [5.74, 6) is 0. The minimum absolute atomic E-state index is 0.105. The summed E-state index contributed by atoms with van der Waals surface area (Å²) in [6.45, 7) is 1.61. The largest absolute Gasteiger partial charge is 0.389 e. The first-order valence-electron chi connectivity index (χ1n) is 5.19. The maximum atomic E-state index is 11.9. The lowest BCUT2D eigenvalue weighted by atomic mass is 10.1. The molecule has 2 N–H and O–H groups in total. The topological polar surface area (TPSA) is 92.4 Å². The standard InChI is InChI=1S/C11H12N2O4S/c1-8(14)9-2-4-11(5-3-9)18(15,16)13-10-6-12-17-7-10/h2-8,13-14H,1H3. The molecule has 0 amide bonds. The van der Waals surface area contributed by atoms with Crippen molar-refractivity contribution in [3.8, 4) is 0 Å². The third-order valence-corrected chi connectivity index (χ3v) is 3.75. The molecule has 0 aliphatic rings. The van der Waals surface area contributed by atoms with Crippen molar-refractivity contribution in [3.63, 3.8) is 0 Å². The Balaban J connectivity index is 2.25. The highest BCUT2D eigenvalue weighted by atomic mass is 32.2. The summed E-state index contributed by atoms with van der Waals surface area (Å²) in [7, 11) is -3.66. The lowest BCUT2D eigenvalue weighted by Crippen LogP contribution is -2.12. The fraction of sp³-hybridized carbons (Fsp3) is 0.182. The quantitative estimate of drug-likeness (QED) is 0.877. The van der Waals surface area contributed by atoms with Crippen molar-refractivity contribution < 1.29 is 18.0 Å². The molecule has 0 spiro atoms. The van der Waals surface area contributed by atoms with Crippen molar-refractivity contribution >= 4 is 15.7 Å². The summed E-state index contributed by atoms with van der Waals surface area (Å²) in [6.07, 6.45) is 1.83. The van der Waals surface area contributed by atoms with Gasteiger partial charge in [-0.3, -0.25) is 4.72 Å². The van der Waals surface area contributed by atoms with Gasteiger partial charge in [0.2, 0.25) is 0 Å². The smallest absolute Gasteiger partial charge is 0.262 e. The zero-order chi connectivity index (χ0) is 13.2. The van der Waals surface area contributed by atoms with E-state index >= 15 is 0 Å². The molecule has 0 bridgehead atoms. The van der Waals surface area contributed by atoms with Crippen LogP contribution in [0, 0.1) is 0 Å². The normalized spacial score (nSPS) is 13.2. The van der Waals surface area contributed by atoms with Crippen LogP contribution >= 0.6 is 0 Å². The predicted octanol–water partition coefficient (Wildman–Crippen LogP) is 1.53. The van der Waals surface area contributed by atoms with Crippen molar-refractivity contribution in [1.82, 2.24) is 5.16 Å². The van der Waals surface area contributed by atoms with Crippen molar-refractivity contribution in [2.75, 3.05) is 4.72 Å². The van der Waals surface area contributed by atoms with E-state index in [9.17, 15) is 13.5 Å². The van der Waals surface area contributed by atoms with Crippen LogP contribution in [0.5, 0.6) is 0 Å². The molecule has 18 heavy (non-hydrogen) atoms. The second kappa shape index (κ2) is 4.79. The Hall–Kier alpha value is -1.86. The van der Waals surface area contributed by atoms with Crippen LogP contribution in [0.4, 0.5) is 5.69 Å². The van der Waals surface area contributed by atoms with Gasteiger partial charge in [0.15, 0.2) is 0 Å². The van der Waals surface area contributed by atoms with Gasteiger partial charge in [-0.2, -0.15) is 0 Å². The summed E-state index contributed by atoms with van der Waals surface area (Å²) in [5.41, 5.74) is 0.911. The molecule has 1 heterocycles. The Labute approximate surface area is 104 Å². The van der Waals surface area contributed by atoms with Crippen molar-refractivity contribution in [2.24, 2.45) is 0 Å². The molecule has 0 saturated carbocycles. The summed E-state index contributed by atoms with van der Waals surface area (Å²) in [4.78, 5) is 0.105. The van der Waals surface area contributed by atoms with Crippen molar-refractivity contribution in [3.05, 3.63) is 42.3 Å². The number of aliphatic hydroxyl groups excluding tert-OH is 1. The van der Waals surface area contributed by atoms with Gasteiger partial charge in [-0.15, -0.1) is 0 Å². The van der Waals surface area contributed by atoms with E-state index in [1.54, 1.807) is 19.1 Å². The summed E-state index contributed by atoms with van der Waals surface area (Å²) in [5, 5.41) is 12.7. The Morgan fingerprint density at radius 3 is 2.50 bits per heavy atom. The van der Waals surface area contributed by atoms with Crippen LogP contribution in [0.1, 0.15) is 18.6 Å². The van der Waals surface area contributed by atoms with Crippen LogP contribution in [0.2, 0.25) is 0 Å². The van der Waals surface area contributed by atoms with E-state index < -0.39 is 16.1 Å². The highest BCUT2D eigenvalue weighted by Crippen LogP contribution is 2.18. The number of hydrogen-bond acceptors (Lipinski definition) is 5. The van der Waals surface area contributed by atoms with Crippen molar-refractivity contribution in [1.29, 1.82) is 0 Å². The molecule has 0 radical (unpaired) electrons. The molecule has 1 aromatic heterocycles. The summed E-state index contributed by atoms with van der Waals surface area (Å²) >= 11 is 0. The fourth-order valence-corrected chi connectivity index (χ4v) is 2.42. The molecular weight excluding hydrogens is 256 g/mol. The van der Waals surface area contributed by atoms with E-state index in [1.165, 1.54) is 24.6 Å². The van der Waals surface area contributed by atoms with Gasteiger partial charge in [0.05, 0.1) is 17.2 Å². The highest BCUT2D eigenvalue weighted by Gasteiger charge is 2.15. The number of rotatable bonds is 4. The van der Waals surface area contributed by atoms with E-state index in [1.807, 2.05) is 0 Å². The van der Waals surface area contributed by atoms with E-state index in [0.29, 0.717) is 5.56 Å². The van der Waals surface area contributed by atoms with E-state index in [2.05, 4.69) is 14.4 Å². The second-order valence-electron chi connectivity index (χ2n) is 3.76. The van der Waals surface area contributed by atoms with Crippen LogP contribution in [-0.2, 0) is 10.0 Å². The number of benzene rings is 1. The minimum Gasteiger partial charge on any atom is -0.389 e. The minimum atomic E-state index is -3.66. The van der Waals surface area contributed by atoms with Crippen LogP contribution in [-0.4, -0.2) is 18.7 Å². The van der Waals surface area contributed by atoms with Crippen molar-refractivity contribution in [2.45, 2.75) is 17.9 Å². The Morgan fingerprint density at radius 1 is 1.33 bits per heavy atom. The number of hydrogen-bond donors (Lipinski definition) is 2. The highest BCUT2D eigenvalue weighted by molar-refractivity contribution is 7.92. The van der Waals surface area contributed by atoms with Gasteiger partial charge >= 0.3 is 0 Å². The lowest BCUT2D eigenvalue weighted by Gasteiger charge is -2.07. The maximum absolute atomic E-state index is 11.9. The molecule has 0 aliphatic carbocycles. The molecular formula is C11H12N2O4S. The number of nitrogens with one attached hydrogen (secondary N) is 1. The first-order valence-corrected chi connectivity index (χ1v) is 6.67. The Morgan fingerprint density at radius 2 is 2.00 bits per heavy atom. The van der Waals surface area contributed by atoms with Gasteiger partial charge < -0.3 is 9.63 Å². The first-order chi connectivity index (χ1) is 8.49. The molecule has 0 aliphatic heterocycles. The zero-order valence-corrected chi connectivity index (χ0v) is 10.4. The lowest BCUT2D eigenvalue weighted by molar-refractivity contribution is 0.199. The molecule has 6 nitrogen and oxygen atoms in total. The Bertz CT molecular complexity index is 603. The van der Waals surface area contributed by atoms with Gasteiger partial charge in [0, 0.05) is 0 Å². The zero-order valence-electron chi connectivity index (χ0n) is 9.57. The predicted molar refractivity (Wildman–Crippen MR) is 64.4 cm³/mol. The number of aromatic nitrogens is 1. The fourth-order valence-electron chi connectivity index (χ4n) is 1.39. The molecule has 0 saturated heterocycles. The number of anilines is 1.